The van der Waals surface area contributed by atoms with E-state index in [-0.39, 0.29) is 23.0 Å². The Bertz CT molecular complexity index is 4220. The molecule has 8 aromatic carbocycles. The first-order valence-corrected chi connectivity index (χ1v) is 23.9. The summed E-state index contributed by atoms with van der Waals surface area (Å²) in [6, 6.07) is 50.5. The Morgan fingerprint density at radius 2 is 0.579 bits per heavy atom. The fraction of sp³-hybridized carbons (Fsp3) is 0. The molecule has 0 amide bonds. The minimum Gasteiger partial charge on any atom is -0.507 e. The maximum absolute atomic E-state index is 10.5. The Kier molecular flexibility index (Phi) is 11.0. The van der Waals surface area contributed by atoms with E-state index in [0.29, 0.717) is 135 Å². The van der Waals surface area contributed by atoms with Crippen LogP contribution in [-0.2, 0) is 0 Å². The van der Waals surface area contributed by atoms with Gasteiger partial charge >= 0.3 is 0 Å². The van der Waals surface area contributed by atoms with Gasteiger partial charge in [0.15, 0.2) is 23.3 Å². The number of phenols is 4. The molecule has 2 aliphatic rings. The second-order valence-corrected chi connectivity index (χ2v) is 17.8. The topological polar surface area (TPSA) is 239 Å². The number of aromatic nitrogens is 8. The van der Waals surface area contributed by atoms with E-state index in [2.05, 4.69) is 9.97 Å². The number of H-pyrrole nitrogens is 2. The maximum atomic E-state index is 10.5. The highest BCUT2D eigenvalue weighted by atomic mass is 16.3. The summed E-state index contributed by atoms with van der Waals surface area (Å²) in [4.78, 5) is 57.0. The molecule has 3 aromatic heterocycles. The number of aromatic hydroxyl groups is 4. The Morgan fingerprint density at radius 1 is 0.289 bits per heavy atom. The average Bonchev–Trinajstić information content (AvgIpc) is 4.24. The van der Waals surface area contributed by atoms with Crippen molar-refractivity contribution in [3.8, 4) is 68.5 Å². The molecule has 0 spiro atoms. The van der Waals surface area contributed by atoms with Crippen LogP contribution in [0.5, 0.6) is 23.0 Å². The van der Waals surface area contributed by atoms with Crippen molar-refractivity contribution < 1.29 is 20.4 Å². The third kappa shape index (κ3) is 8.48. The maximum Gasteiger partial charge on any atom is 0.164 e. The van der Waals surface area contributed by atoms with Crippen LogP contribution in [0.4, 0.5) is 22.7 Å². The number of rotatable bonds is 8. The van der Waals surface area contributed by atoms with Crippen LogP contribution < -0.4 is 0 Å². The van der Waals surface area contributed by atoms with Gasteiger partial charge in [-0.3, -0.25) is 20.0 Å². The van der Waals surface area contributed by atoms with Gasteiger partial charge in [0.1, 0.15) is 45.6 Å². The number of hydrogen-bond acceptors (Lipinski definition) is 14. The number of benzene rings is 8. The molecule has 2 aliphatic heterocycles. The third-order valence-corrected chi connectivity index (χ3v) is 12.9. The van der Waals surface area contributed by atoms with Gasteiger partial charge in [-0.05, 0) is 121 Å². The molecule has 13 rings (SSSR count). The van der Waals surface area contributed by atoms with Gasteiger partial charge in [0.05, 0.1) is 22.7 Å². The third-order valence-electron chi connectivity index (χ3n) is 12.9. The van der Waals surface area contributed by atoms with Gasteiger partial charge in [-0.15, -0.1) is 0 Å². The number of aromatic amines is 2. The Labute approximate surface area is 431 Å². The molecule has 0 saturated carbocycles. The first kappa shape index (κ1) is 44.9. The minimum absolute atomic E-state index is 0.104. The molecule has 362 valence electrons. The molecule has 11 aromatic rings. The van der Waals surface area contributed by atoms with E-state index in [1.807, 2.05) is 97.1 Å². The van der Waals surface area contributed by atoms with Gasteiger partial charge in [0, 0.05) is 90.9 Å². The molecule has 0 fully saturated rings. The summed E-state index contributed by atoms with van der Waals surface area (Å²) in [5.74, 6) is 1.84. The van der Waals surface area contributed by atoms with Crippen LogP contribution in [0.3, 0.4) is 0 Å². The first-order chi connectivity index (χ1) is 37.2. The summed E-state index contributed by atoms with van der Waals surface area (Å²) in [5, 5.41) is 44.8. The monoisotopic (exact) mass is 990 g/mol. The zero-order chi connectivity index (χ0) is 51.3. The van der Waals surface area contributed by atoms with Gasteiger partial charge in [-0.25, -0.2) is 29.9 Å². The number of phenolic OH excluding ortho intramolecular Hbond substituents is 4. The fourth-order valence-corrected chi connectivity index (χ4v) is 9.03. The van der Waals surface area contributed by atoms with Gasteiger partial charge in [-0.2, -0.15) is 0 Å². The van der Waals surface area contributed by atoms with Crippen LogP contribution in [0.2, 0.25) is 0 Å². The van der Waals surface area contributed by atoms with Crippen molar-refractivity contribution >= 4 is 91.7 Å². The van der Waals surface area contributed by atoms with E-state index in [4.69, 9.17) is 49.9 Å². The molecule has 5 heterocycles. The predicted molar refractivity (Wildman–Crippen MR) is 297 cm³/mol. The van der Waals surface area contributed by atoms with Crippen molar-refractivity contribution in [3.05, 3.63) is 192 Å². The van der Waals surface area contributed by atoms with E-state index < -0.39 is 0 Å². The van der Waals surface area contributed by atoms with Crippen molar-refractivity contribution in [2.24, 2.45) is 20.0 Å². The molecular formula is C60H38N12O4. The molecule has 6 N–H and O–H groups in total. The van der Waals surface area contributed by atoms with Crippen molar-refractivity contribution in [1.82, 2.24) is 39.9 Å². The van der Waals surface area contributed by atoms with Gasteiger partial charge in [-0.1, -0.05) is 48.5 Å². The molecule has 0 atom stereocenters. The molecule has 0 unspecified atom stereocenters. The summed E-state index contributed by atoms with van der Waals surface area (Å²) in [5.41, 5.74) is 9.05. The Morgan fingerprint density at radius 3 is 0.921 bits per heavy atom. The van der Waals surface area contributed by atoms with Crippen LogP contribution in [0, 0.1) is 0 Å². The number of hydrogen-bond donors (Lipinski definition) is 6. The van der Waals surface area contributed by atoms with E-state index >= 15 is 0 Å². The SMILES string of the molecule is Oc1ccccc1C=Nc1ccc2c(c1)-c1nc-2nc2[nH]c(nc3nc(nc4[nH]c(n1)c1ccc(N=Cc5ccccc5O)cc41)-c1ccc(N=Cc4ccccc4O)cc1-3)c1ccc(N=Cc3ccccc3O)cc21. The molecule has 16 heteroatoms. The molecule has 8 bridgehead atoms. The summed E-state index contributed by atoms with van der Waals surface area (Å²) in [7, 11) is 0. The summed E-state index contributed by atoms with van der Waals surface area (Å²) >= 11 is 0. The van der Waals surface area contributed by atoms with Crippen molar-refractivity contribution in [2.75, 3.05) is 0 Å². The number of nitrogens with one attached hydrogen (secondary N) is 2. The van der Waals surface area contributed by atoms with Crippen LogP contribution >= 0.6 is 0 Å². The summed E-state index contributed by atoms with van der Waals surface area (Å²) < 4.78 is 0. The normalized spacial score (nSPS) is 12.2. The quantitative estimate of drug-likeness (QED) is 0.0787. The molecule has 76 heavy (non-hydrogen) atoms. The van der Waals surface area contributed by atoms with E-state index in [1.54, 1.807) is 97.7 Å². The van der Waals surface area contributed by atoms with Crippen LogP contribution in [0.1, 0.15) is 22.3 Å². The minimum atomic E-state index is 0.104. The first-order valence-electron chi connectivity index (χ1n) is 23.9. The Hall–Kier alpha value is -11.0. The number of fused-ring (bicyclic) bond motifs is 20. The summed E-state index contributed by atoms with van der Waals surface area (Å²) in [6.45, 7) is 0. The fourth-order valence-electron chi connectivity index (χ4n) is 9.03. The lowest BCUT2D eigenvalue weighted by Crippen LogP contribution is -1.84. The molecule has 0 aliphatic carbocycles. The van der Waals surface area contributed by atoms with Crippen molar-refractivity contribution in [3.63, 3.8) is 0 Å². The lowest BCUT2D eigenvalue weighted by atomic mass is 10.1. The second-order valence-electron chi connectivity index (χ2n) is 17.8. The average molecular weight is 991 g/mol. The van der Waals surface area contributed by atoms with Crippen molar-refractivity contribution in [2.45, 2.75) is 0 Å². The predicted octanol–water partition coefficient (Wildman–Crippen LogP) is 12.7. The molecular weight excluding hydrogens is 953 g/mol. The number of para-hydroxylation sites is 4. The van der Waals surface area contributed by atoms with E-state index in [9.17, 15) is 20.4 Å². The summed E-state index contributed by atoms with van der Waals surface area (Å²) in [6.07, 6.45) is 6.43. The highest BCUT2D eigenvalue weighted by Crippen LogP contribution is 2.40. The zero-order valence-corrected chi connectivity index (χ0v) is 39.7. The molecule has 0 radical (unpaired) electrons. The smallest absolute Gasteiger partial charge is 0.164 e. The zero-order valence-electron chi connectivity index (χ0n) is 39.7. The van der Waals surface area contributed by atoms with Crippen molar-refractivity contribution in [1.29, 1.82) is 0 Å². The van der Waals surface area contributed by atoms with Crippen LogP contribution in [0.15, 0.2) is 190 Å². The van der Waals surface area contributed by atoms with Gasteiger partial charge in [0.2, 0.25) is 0 Å². The van der Waals surface area contributed by atoms with Gasteiger partial charge < -0.3 is 30.4 Å². The van der Waals surface area contributed by atoms with E-state index in [1.165, 1.54) is 0 Å². The number of nitrogens with zero attached hydrogens (tertiary/aromatic N) is 10. The molecule has 0 saturated heterocycles. The lowest BCUT2D eigenvalue weighted by molar-refractivity contribution is 0.474. The largest absolute Gasteiger partial charge is 0.507 e. The lowest BCUT2D eigenvalue weighted by Gasteiger charge is -2.01. The highest BCUT2D eigenvalue weighted by Gasteiger charge is 2.24. The van der Waals surface area contributed by atoms with E-state index in [0.717, 1.165) is 0 Å². The Balaban J connectivity index is 1.07. The second kappa shape index (κ2) is 18.6. The van der Waals surface area contributed by atoms with Crippen LogP contribution in [0.25, 0.3) is 89.7 Å². The van der Waals surface area contributed by atoms with Crippen LogP contribution in [-0.4, -0.2) is 85.2 Å². The molecule has 16 nitrogen and oxygen atoms in total. The van der Waals surface area contributed by atoms with Gasteiger partial charge in [0.25, 0.3) is 0 Å². The number of aliphatic imine (C=N–C) groups is 4. The standard InChI is InChI=1S/C60H38N12O4/c73-49-13-5-1-9-33(49)29-61-37-17-21-41-45(25-37)57-65-53(41)70-58-47-27-39(63-31-35-11-3-7-15-51(35)75)19-23-43(47)55(67-58)72-60-48-28-40(64-32-36-12-4-8-16-52(36)76)20-24-44(48)56(68-60)71-59-46-26-38(18-22-42(46)54(66-59)69-57)62-30-34-10-2-6-14-50(34)74/h1-32,73-76H,(H2,65,66,67,68,69,70,71,72). The highest BCUT2D eigenvalue weighted by molar-refractivity contribution is 6.08.